The normalized spacial score (nSPS) is 13.8. The molecule has 0 spiro atoms. The number of rotatable bonds is 42. The lowest BCUT2D eigenvalue weighted by atomic mass is 10.0. The molecule has 2 atom stereocenters. The molecule has 0 radical (unpaired) electrons. The highest BCUT2D eigenvalue weighted by atomic mass is 16.3. The average Bonchev–Trinajstić information content (AvgIpc) is 3.22. The minimum atomic E-state index is -0.875. The van der Waals surface area contributed by atoms with E-state index in [9.17, 15) is 15.0 Å². The molecular formula is C53H91NO3. The zero-order chi connectivity index (χ0) is 41.4. The van der Waals surface area contributed by atoms with Crippen molar-refractivity contribution in [3.8, 4) is 0 Å². The number of hydrogen-bond acceptors (Lipinski definition) is 3. The van der Waals surface area contributed by atoms with Gasteiger partial charge in [-0.25, -0.2) is 0 Å². The van der Waals surface area contributed by atoms with Crippen LogP contribution in [0.1, 0.15) is 213 Å². The standard InChI is InChI=1S/C53H91NO3/c1-3-5-7-9-11-13-15-17-19-21-22-23-24-25-26-27-28-29-30-31-32-33-35-37-39-41-43-45-47-49-53(57)54-51(50-55)52(56)48-46-44-42-40-38-36-34-20-18-16-14-12-10-8-6-4-2/h5,7,11,13,17-20,22-23,25-26,38,40,46,48,51-52,55-56H,3-4,6,8-10,12,14-16,21,24,27-37,39,41-45,47,49-50H2,1-2H3,(H,54,57)/b7-5-,13-11-,19-17-,20-18+,23-22-,26-25-,40-38+,48-46+. The van der Waals surface area contributed by atoms with Gasteiger partial charge >= 0.3 is 0 Å². The van der Waals surface area contributed by atoms with Crippen molar-refractivity contribution in [3.05, 3.63) is 97.2 Å². The highest BCUT2D eigenvalue weighted by molar-refractivity contribution is 5.76. The van der Waals surface area contributed by atoms with Crippen LogP contribution in [0.3, 0.4) is 0 Å². The van der Waals surface area contributed by atoms with Crippen LogP contribution in [0, 0.1) is 0 Å². The molecule has 0 aliphatic rings. The monoisotopic (exact) mass is 790 g/mol. The Morgan fingerprint density at radius 1 is 0.439 bits per heavy atom. The minimum absolute atomic E-state index is 0.0837. The number of aliphatic hydroxyl groups excluding tert-OH is 2. The Morgan fingerprint density at radius 2 is 0.789 bits per heavy atom. The molecule has 0 aliphatic heterocycles. The molecule has 0 fully saturated rings. The first-order valence-corrected chi connectivity index (χ1v) is 24.0. The molecule has 0 aromatic heterocycles. The second kappa shape index (κ2) is 47.7. The van der Waals surface area contributed by atoms with Crippen LogP contribution in [0.25, 0.3) is 0 Å². The van der Waals surface area contributed by atoms with Crippen LogP contribution in [0.2, 0.25) is 0 Å². The van der Waals surface area contributed by atoms with Crippen molar-refractivity contribution < 1.29 is 15.0 Å². The maximum atomic E-state index is 12.4. The van der Waals surface area contributed by atoms with Gasteiger partial charge in [-0.3, -0.25) is 4.79 Å². The van der Waals surface area contributed by atoms with Crippen LogP contribution in [-0.2, 0) is 4.79 Å². The SMILES string of the molecule is CC/C=C\C/C=C\C/C=C\C/C=C\C/C=C\CCCCCCCCCCCCCCCC(=O)NC(CO)C(O)/C=C/CC/C=C/CC/C=C/CCCCCCCC. The molecule has 0 aliphatic carbocycles. The zero-order valence-electron chi connectivity index (χ0n) is 37.3. The summed E-state index contributed by atoms with van der Waals surface area (Å²) in [6, 6.07) is -0.651. The van der Waals surface area contributed by atoms with Gasteiger partial charge in [0.15, 0.2) is 0 Å². The number of amides is 1. The van der Waals surface area contributed by atoms with Gasteiger partial charge in [-0.2, -0.15) is 0 Å². The molecule has 4 heteroatoms. The van der Waals surface area contributed by atoms with Crippen molar-refractivity contribution in [3.63, 3.8) is 0 Å². The average molecular weight is 790 g/mol. The lowest BCUT2D eigenvalue weighted by molar-refractivity contribution is -0.123. The van der Waals surface area contributed by atoms with Gasteiger partial charge < -0.3 is 15.5 Å². The summed E-state index contributed by atoms with van der Waals surface area (Å²) in [4.78, 5) is 12.4. The van der Waals surface area contributed by atoms with E-state index in [0.29, 0.717) is 6.42 Å². The number of allylic oxidation sites excluding steroid dienone is 15. The van der Waals surface area contributed by atoms with Gasteiger partial charge in [0.2, 0.25) is 5.91 Å². The second-order valence-corrected chi connectivity index (χ2v) is 15.8. The number of carbonyl (C=O) groups excluding carboxylic acids is 1. The predicted octanol–water partition coefficient (Wildman–Crippen LogP) is 15.4. The van der Waals surface area contributed by atoms with E-state index in [-0.39, 0.29) is 12.5 Å². The van der Waals surface area contributed by atoms with Gasteiger partial charge in [-0.1, -0.05) is 214 Å². The largest absolute Gasteiger partial charge is 0.394 e. The van der Waals surface area contributed by atoms with E-state index in [1.165, 1.54) is 122 Å². The third-order valence-corrected chi connectivity index (χ3v) is 10.3. The fourth-order valence-corrected chi connectivity index (χ4v) is 6.65. The van der Waals surface area contributed by atoms with E-state index >= 15 is 0 Å². The second-order valence-electron chi connectivity index (χ2n) is 15.8. The molecule has 2 unspecified atom stereocenters. The molecule has 57 heavy (non-hydrogen) atoms. The summed E-state index contributed by atoms with van der Waals surface area (Å²) in [5.41, 5.74) is 0. The topological polar surface area (TPSA) is 69.6 Å². The summed E-state index contributed by atoms with van der Waals surface area (Å²) in [5, 5.41) is 23.0. The summed E-state index contributed by atoms with van der Waals surface area (Å²) in [5.74, 6) is -0.0837. The molecule has 0 aromatic carbocycles. The van der Waals surface area contributed by atoms with Crippen LogP contribution < -0.4 is 5.32 Å². The van der Waals surface area contributed by atoms with Crippen LogP contribution >= 0.6 is 0 Å². The fraction of sp³-hybridized carbons (Fsp3) is 0.679. The molecule has 0 bridgehead atoms. The van der Waals surface area contributed by atoms with Gasteiger partial charge in [0.1, 0.15) is 0 Å². The van der Waals surface area contributed by atoms with E-state index in [1.54, 1.807) is 6.08 Å². The number of carbonyl (C=O) groups is 1. The highest BCUT2D eigenvalue weighted by Crippen LogP contribution is 2.14. The molecular weight excluding hydrogens is 699 g/mol. The molecule has 326 valence electrons. The Bertz CT molecular complexity index is 1080. The van der Waals surface area contributed by atoms with Crippen molar-refractivity contribution in [2.75, 3.05) is 6.61 Å². The van der Waals surface area contributed by atoms with Crippen molar-refractivity contribution >= 4 is 5.91 Å². The van der Waals surface area contributed by atoms with E-state index < -0.39 is 12.1 Å². The molecule has 0 aromatic rings. The van der Waals surface area contributed by atoms with Gasteiger partial charge in [0.25, 0.3) is 0 Å². The first-order valence-electron chi connectivity index (χ1n) is 24.0. The summed E-state index contributed by atoms with van der Waals surface area (Å²) in [7, 11) is 0. The smallest absolute Gasteiger partial charge is 0.220 e. The lowest BCUT2D eigenvalue weighted by Gasteiger charge is -2.19. The van der Waals surface area contributed by atoms with Crippen molar-refractivity contribution in [1.82, 2.24) is 5.32 Å². The van der Waals surface area contributed by atoms with Crippen LogP contribution in [0.5, 0.6) is 0 Å². The molecule has 0 rings (SSSR count). The molecule has 3 N–H and O–H groups in total. The van der Waals surface area contributed by atoms with Gasteiger partial charge in [-0.15, -0.1) is 0 Å². The van der Waals surface area contributed by atoms with E-state index in [2.05, 4.69) is 104 Å². The lowest BCUT2D eigenvalue weighted by Crippen LogP contribution is -2.45. The molecule has 0 saturated carbocycles. The first kappa shape index (κ1) is 54.3. The first-order chi connectivity index (χ1) is 28.2. The quantitative estimate of drug-likeness (QED) is 0.0426. The Labute approximate surface area is 353 Å². The highest BCUT2D eigenvalue weighted by Gasteiger charge is 2.17. The van der Waals surface area contributed by atoms with Gasteiger partial charge in [0.05, 0.1) is 18.8 Å². The number of unbranched alkanes of at least 4 members (excludes halogenated alkanes) is 21. The van der Waals surface area contributed by atoms with Crippen LogP contribution in [0.4, 0.5) is 0 Å². The van der Waals surface area contributed by atoms with Crippen LogP contribution in [-0.4, -0.2) is 34.9 Å². The maximum absolute atomic E-state index is 12.4. The number of aliphatic hydroxyl groups is 2. The van der Waals surface area contributed by atoms with Crippen molar-refractivity contribution in [2.45, 2.75) is 225 Å². The Morgan fingerprint density at radius 3 is 1.23 bits per heavy atom. The van der Waals surface area contributed by atoms with Crippen molar-refractivity contribution in [1.29, 1.82) is 0 Å². The van der Waals surface area contributed by atoms with E-state index in [4.69, 9.17) is 0 Å². The van der Waals surface area contributed by atoms with Gasteiger partial charge in [0, 0.05) is 6.42 Å². The molecule has 0 heterocycles. The number of nitrogens with one attached hydrogen (secondary N) is 1. The van der Waals surface area contributed by atoms with Crippen molar-refractivity contribution in [2.24, 2.45) is 0 Å². The van der Waals surface area contributed by atoms with Gasteiger partial charge in [-0.05, 0) is 89.9 Å². The predicted molar refractivity (Wildman–Crippen MR) is 253 cm³/mol. The summed E-state index contributed by atoms with van der Waals surface area (Å²) >= 11 is 0. The third kappa shape index (κ3) is 44.3. The van der Waals surface area contributed by atoms with E-state index in [1.807, 2.05) is 6.08 Å². The minimum Gasteiger partial charge on any atom is -0.394 e. The summed E-state index contributed by atoms with van der Waals surface area (Å²) in [6.45, 7) is 4.16. The number of hydrogen-bond donors (Lipinski definition) is 3. The molecule has 0 saturated heterocycles. The Kier molecular flexibility index (Phi) is 45.4. The maximum Gasteiger partial charge on any atom is 0.220 e. The van der Waals surface area contributed by atoms with E-state index in [0.717, 1.165) is 70.6 Å². The fourth-order valence-electron chi connectivity index (χ4n) is 6.65. The summed E-state index contributed by atoms with van der Waals surface area (Å²) < 4.78 is 0. The third-order valence-electron chi connectivity index (χ3n) is 10.3. The van der Waals surface area contributed by atoms with Crippen LogP contribution in [0.15, 0.2) is 97.2 Å². The summed E-state index contributed by atoms with van der Waals surface area (Å²) in [6.07, 6.45) is 71.0. The zero-order valence-corrected chi connectivity index (χ0v) is 37.3. The molecule has 4 nitrogen and oxygen atoms in total. The molecule has 1 amide bonds. The Balaban J connectivity index is 3.61. The Hall–Kier alpha value is -2.69.